The maximum atomic E-state index is 12.5. The van der Waals surface area contributed by atoms with Crippen LogP contribution in [-0.2, 0) is 16.0 Å². The van der Waals surface area contributed by atoms with Gasteiger partial charge in [-0.1, -0.05) is 6.58 Å². The van der Waals surface area contributed by atoms with Crippen molar-refractivity contribution in [2.24, 2.45) is 9.98 Å². The van der Waals surface area contributed by atoms with E-state index in [0.717, 1.165) is 17.0 Å². The number of rotatable bonds is 6. The number of benzene rings is 1. The third kappa shape index (κ3) is 4.55. The molecule has 0 radical (unpaired) electrons. The van der Waals surface area contributed by atoms with E-state index >= 15 is 0 Å². The van der Waals surface area contributed by atoms with Crippen molar-refractivity contribution < 1.29 is 19.1 Å². The van der Waals surface area contributed by atoms with Crippen LogP contribution < -0.4 is 14.8 Å². The number of aliphatic imine (C=N–C) groups is 2. The smallest absolute Gasteiger partial charge is 0.281 e. The third-order valence-electron chi connectivity index (χ3n) is 5.06. The van der Waals surface area contributed by atoms with Gasteiger partial charge in [0.15, 0.2) is 11.5 Å². The molecule has 1 aliphatic heterocycles. The zero-order valence-electron chi connectivity index (χ0n) is 18.3. The monoisotopic (exact) mass is 423 g/mol. The SMILES string of the molecule is C=C1C(=O)N=C(n2nc(C)c(CCC(=O)Nc3ccc(OC)c(OC)c3)c2C)N=C1C. The van der Waals surface area contributed by atoms with E-state index in [1.54, 1.807) is 32.2 Å². The van der Waals surface area contributed by atoms with Gasteiger partial charge in [-0.2, -0.15) is 10.1 Å². The van der Waals surface area contributed by atoms with E-state index in [-0.39, 0.29) is 23.9 Å². The number of nitrogens with one attached hydrogen (secondary N) is 1. The summed E-state index contributed by atoms with van der Waals surface area (Å²) in [6.45, 7) is 9.10. The fraction of sp³-hybridized carbons (Fsp3) is 0.318. The second-order valence-electron chi connectivity index (χ2n) is 7.07. The highest BCUT2D eigenvalue weighted by Gasteiger charge is 2.22. The van der Waals surface area contributed by atoms with E-state index in [9.17, 15) is 9.59 Å². The van der Waals surface area contributed by atoms with E-state index in [0.29, 0.717) is 29.3 Å². The number of carbonyl (C=O) groups is 2. The van der Waals surface area contributed by atoms with Gasteiger partial charge in [0.25, 0.3) is 11.9 Å². The van der Waals surface area contributed by atoms with Crippen LogP contribution in [-0.4, -0.2) is 47.5 Å². The average molecular weight is 423 g/mol. The first-order valence-corrected chi connectivity index (χ1v) is 9.70. The lowest BCUT2D eigenvalue weighted by Gasteiger charge is -2.11. The van der Waals surface area contributed by atoms with Crippen LogP contribution in [0, 0.1) is 13.8 Å². The highest BCUT2D eigenvalue weighted by atomic mass is 16.5. The van der Waals surface area contributed by atoms with Gasteiger partial charge in [0.1, 0.15) is 0 Å². The van der Waals surface area contributed by atoms with Gasteiger partial charge in [-0.15, -0.1) is 0 Å². The van der Waals surface area contributed by atoms with E-state index in [4.69, 9.17) is 9.47 Å². The van der Waals surface area contributed by atoms with Crippen molar-refractivity contribution in [3.63, 3.8) is 0 Å². The fourth-order valence-electron chi connectivity index (χ4n) is 3.26. The normalized spacial score (nSPS) is 13.6. The van der Waals surface area contributed by atoms with Gasteiger partial charge < -0.3 is 14.8 Å². The number of hydrogen-bond acceptors (Lipinski definition) is 6. The highest BCUT2D eigenvalue weighted by molar-refractivity contribution is 6.27. The number of methoxy groups -OCH3 is 2. The summed E-state index contributed by atoms with van der Waals surface area (Å²) >= 11 is 0. The van der Waals surface area contributed by atoms with Crippen LogP contribution >= 0.6 is 0 Å². The second kappa shape index (κ2) is 8.95. The van der Waals surface area contributed by atoms with Crippen molar-refractivity contribution in [1.29, 1.82) is 0 Å². The minimum atomic E-state index is -0.425. The molecule has 2 heterocycles. The summed E-state index contributed by atoms with van der Waals surface area (Å²) in [7, 11) is 3.09. The largest absolute Gasteiger partial charge is 0.493 e. The first kappa shape index (κ1) is 21.9. The fourth-order valence-corrected chi connectivity index (χ4v) is 3.26. The zero-order valence-corrected chi connectivity index (χ0v) is 18.3. The standard InChI is InChI=1S/C22H25N5O4/c1-12-13(2)23-22(25-21(12)29)27-15(4)17(14(3)26-27)8-10-20(28)24-16-7-9-18(30-5)19(11-16)31-6/h7,9,11H,1,8,10H2,2-6H3,(H,24,28). The van der Waals surface area contributed by atoms with Gasteiger partial charge in [-0.05, 0) is 44.9 Å². The third-order valence-corrected chi connectivity index (χ3v) is 5.06. The van der Waals surface area contributed by atoms with Crippen molar-refractivity contribution in [2.45, 2.75) is 33.6 Å². The summed E-state index contributed by atoms with van der Waals surface area (Å²) in [5, 5.41) is 7.33. The van der Waals surface area contributed by atoms with Gasteiger partial charge in [0.2, 0.25) is 5.91 Å². The molecule has 2 amide bonds. The Morgan fingerprint density at radius 3 is 2.48 bits per heavy atom. The molecule has 3 rings (SSSR count). The number of carbonyl (C=O) groups excluding carboxylic acids is 2. The van der Waals surface area contributed by atoms with E-state index < -0.39 is 5.91 Å². The Bertz CT molecular complexity index is 1130. The predicted molar refractivity (Wildman–Crippen MR) is 118 cm³/mol. The summed E-state index contributed by atoms with van der Waals surface area (Å²) in [4.78, 5) is 32.8. The Kier molecular flexibility index (Phi) is 6.33. The molecule has 2 aromatic rings. The van der Waals surface area contributed by atoms with Crippen molar-refractivity contribution in [1.82, 2.24) is 9.78 Å². The molecule has 0 unspecified atom stereocenters. The topological polar surface area (TPSA) is 107 Å². The van der Waals surface area contributed by atoms with Gasteiger partial charge in [-0.25, -0.2) is 9.67 Å². The summed E-state index contributed by atoms with van der Waals surface area (Å²) in [5.74, 6) is 0.760. The number of ether oxygens (including phenoxy) is 2. The highest BCUT2D eigenvalue weighted by Crippen LogP contribution is 2.29. The molecule has 31 heavy (non-hydrogen) atoms. The first-order chi connectivity index (χ1) is 14.7. The van der Waals surface area contributed by atoms with Gasteiger partial charge >= 0.3 is 0 Å². The lowest BCUT2D eigenvalue weighted by atomic mass is 10.1. The number of amides is 2. The van der Waals surface area contributed by atoms with Crippen LogP contribution in [0.15, 0.2) is 40.3 Å². The quantitative estimate of drug-likeness (QED) is 0.719. The maximum Gasteiger partial charge on any atom is 0.281 e. The summed E-state index contributed by atoms with van der Waals surface area (Å²) < 4.78 is 12.0. The van der Waals surface area contributed by atoms with E-state index in [2.05, 4.69) is 27.0 Å². The van der Waals surface area contributed by atoms with Crippen LogP contribution in [0.1, 0.15) is 30.3 Å². The number of anilines is 1. The molecule has 1 aromatic carbocycles. The van der Waals surface area contributed by atoms with Gasteiger partial charge in [0.05, 0.1) is 31.2 Å². The Labute approximate surface area is 180 Å². The average Bonchev–Trinajstić information content (AvgIpc) is 3.03. The number of aromatic nitrogens is 2. The van der Waals surface area contributed by atoms with Gasteiger partial charge in [-0.3, -0.25) is 9.59 Å². The summed E-state index contributed by atoms with van der Waals surface area (Å²) in [6.07, 6.45) is 0.736. The number of hydrogen-bond donors (Lipinski definition) is 1. The van der Waals surface area contributed by atoms with E-state index in [1.165, 1.54) is 11.8 Å². The molecule has 1 aliphatic rings. The van der Waals surface area contributed by atoms with Crippen molar-refractivity contribution in [3.8, 4) is 11.5 Å². The summed E-state index contributed by atoms with van der Waals surface area (Å²) in [5.41, 5.74) is 3.85. The summed E-state index contributed by atoms with van der Waals surface area (Å²) in [6, 6.07) is 5.19. The molecule has 0 saturated carbocycles. The molecule has 162 valence electrons. The molecule has 1 N–H and O–H groups in total. The second-order valence-corrected chi connectivity index (χ2v) is 7.07. The number of nitrogens with zero attached hydrogens (tertiary/aromatic N) is 4. The zero-order chi connectivity index (χ0) is 22.7. The minimum Gasteiger partial charge on any atom is -0.493 e. The Balaban J connectivity index is 1.72. The van der Waals surface area contributed by atoms with Gasteiger partial charge in [0, 0.05) is 23.9 Å². The molecule has 9 heteroatoms. The Hall–Kier alpha value is -3.75. The Morgan fingerprint density at radius 1 is 1.13 bits per heavy atom. The van der Waals surface area contributed by atoms with Crippen molar-refractivity contribution in [3.05, 3.63) is 47.3 Å². The van der Waals surface area contributed by atoms with E-state index in [1.807, 2.05) is 13.8 Å². The molecule has 9 nitrogen and oxygen atoms in total. The molecule has 1 aromatic heterocycles. The van der Waals surface area contributed by atoms with Crippen LogP contribution in [0.5, 0.6) is 11.5 Å². The Morgan fingerprint density at radius 2 is 1.84 bits per heavy atom. The lowest BCUT2D eigenvalue weighted by molar-refractivity contribution is -0.116. The first-order valence-electron chi connectivity index (χ1n) is 9.70. The molecular formula is C22H25N5O4. The minimum absolute atomic E-state index is 0.144. The molecule has 0 fully saturated rings. The number of aryl methyl sites for hydroxylation is 1. The molecule has 0 spiro atoms. The van der Waals surface area contributed by atoms with Crippen molar-refractivity contribution >= 4 is 29.2 Å². The maximum absolute atomic E-state index is 12.5. The van der Waals surface area contributed by atoms with Crippen LogP contribution in [0.4, 0.5) is 5.69 Å². The molecule has 0 aliphatic carbocycles. The van der Waals surface area contributed by atoms with Crippen LogP contribution in [0.3, 0.4) is 0 Å². The van der Waals surface area contributed by atoms with Crippen LogP contribution in [0.2, 0.25) is 0 Å². The predicted octanol–water partition coefficient (Wildman–Crippen LogP) is 2.85. The molecular weight excluding hydrogens is 398 g/mol. The van der Waals surface area contributed by atoms with Crippen LogP contribution in [0.25, 0.3) is 0 Å². The van der Waals surface area contributed by atoms with Crippen molar-refractivity contribution in [2.75, 3.05) is 19.5 Å². The molecule has 0 atom stereocenters. The lowest BCUT2D eigenvalue weighted by Crippen LogP contribution is -2.23. The molecule has 0 bridgehead atoms. The molecule has 0 saturated heterocycles.